The summed E-state index contributed by atoms with van der Waals surface area (Å²) in [7, 11) is 0. The lowest BCUT2D eigenvalue weighted by Crippen LogP contribution is -2.42. The zero-order valence-corrected chi connectivity index (χ0v) is 13.0. The Labute approximate surface area is 128 Å². The number of hydrogen-bond donors (Lipinski definition) is 3. The van der Waals surface area contributed by atoms with Crippen LogP contribution in [0, 0.1) is 12.3 Å². The van der Waals surface area contributed by atoms with Gasteiger partial charge in [-0.2, -0.15) is 0 Å². The first kappa shape index (κ1) is 15.8. The molecule has 1 aromatic heterocycles. The maximum Gasteiger partial charge on any atom is 0.321 e. The van der Waals surface area contributed by atoms with Gasteiger partial charge in [-0.15, -0.1) is 11.3 Å². The van der Waals surface area contributed by atoms with Crippen molar-refractivity contribution < 1.29 is 14.7 Å². The Balaban J connectivity index is 1.88. The number of rotatable bonds is 5. The van der Waals surface area contributed by atoms with Crippen molar-refractivity contribution in [3.8, 4) is 0 Å². The molecule has 1 aliphatic carbocycles. The minimum atomic E-state index is -0.797. The molecule has 1 aliphatic rings. The maximum atomic E-state index is 11.9. The molecular formula is C14H21N3O3S. The summed E-state index contributed by atoms with van der Waals surface area (Å²) in [5.41, 5.74) is -0.305. The van der Waals surface area contributed by atoms with E-state index in [-0.39, 0.29) is 17.9 Å². The second kappa shape index (κ2) is 6.89. The highest BCUT2D eigenvalue weighted by Crippen LogP contribution is 2.38. The molecule has 6 nitrogen and oxygen atoms in total. The van der Waals surface area contributed by atoms with Crippen LogP contribution in [0.3, 0.4) is 0 Å². The highest BCUT2D eigenvalue weighted by atomic mass is 32.1. The van der Waals surface area contributed by atoms with E-state index in [1.54, 1.807) is 6.20 Å². The first-order chi connectivity index (χ1) is 9.99. The van der Waals surface area contributed by atoms with E-state index in [0.717, 1.165) is 37.0 Å². The van der Waals surface area contributed by atoms with Crippen molar-refractivity contribution in [2.45, 2.75) is 45.4 Å². The first-order valence-corrected chi connectivity index (χ1v) is 8.00. The van der Waals surface area contributed by atoms with Gasteiger partial charge in [-0.05, 0) is 25.2 Å². The Morgan fingerprint density at radius 1 is 1.38 bits per heavy atom. The van der Waals surface area contributed by atoms with Gasteiger partial charge in [0.05, 0.1) is 6.42 Å². The minimum Gasteiger partial charge on any atom is -0.481 e. The molecule has 116 valence electrons. The molecule has 2 rings (SSSR count). The summed E-state index contributed by atoms with van der Waals surface area (Å²) in [5, 5.41) is 15.1. The van der Waals surface area contributed by atoms with Gasteiger partial charge in [0.1, 0.15) is 0 Å². The number of urea groups is 1. The van der Waals surface area contributed by atoms with Gasteiger partial charge in [0, 0.05) is 17.6 Å². The van der Waals surface area contributed by atoms with Crippen molar-refractivity contribution in [1.82, 2.24) is 10.3 Å². The van der Waals surface area contributed by atoms with Gasteiger partial charge < -0.3 is 10.4 Å². The number of nitrogens with zero attached hydrogens (tertiary/aromatic N) is 1. The Morgan fingerprint density at radius 2 is 2.10 bits per heavy atom. The monoisotopic (exact) mass is 311 g/mol. The number of carbonyl (C=O) groups is 2. The second-order valence-electron chi connectivity index (χ2n) is 5.71. The molecule has 1 saturated carbocycles. The first-order valence-electron chi connectivity index (χ1n) is 7.18. The molecule has 0 aliphatic heterocycles. The number of amides is 2. The van der Waals surface area contributed by atoms with Gasteiger partial charge in [-0.25, -0.2) is 9.78 Å². The number of aryl methyl sites for hydroxylation is 1. The molecule has 0 aromatic carbocycles. The molecule has 0 atom stereocenters. The summed E-state index contributed by atoms with van der Waals surface area (Å²) in [5.74, 6) is -0.797. The zero-order chi connectivity index (χ0) is 15.3. The third kappa shape index (κ3) is 4.70. The summed E-state index contributed by atoms with van der Waals surface area (Å²) in [6.07, 6.45) is 6.74. The number of carbonyl (C=O) groups excluding carboxylic acids is 1. The summed E-state index contributed by atoms with van der Waals surface area (Å²) in [4.78, 5) is 28.1. The van der Waals surface area contributed by atoms with E-state index in [2.05, 4.69) is 15.6 Å². The molecular weight excluding hydrogens is 290 g/mol. The average Bonchev–Trinajstić information content (AvgIpc) is 2.82. The minimum absolute atomic E-state index is 0.115. The number of thiazole rings is 1. The molecule has 2 amide bonds. The third-order valence-electron chi connectivity index (χ3n) is 3.91. The van der Waals surface area contributed by atoms with Crippen molar-refractivity contribution in [1.29, 1.82) is 0 Å². The molecule has 0 saturated heterocycles. The molecule has 3 N–H and O–H groups in total. The van der Waals surface area contributed by atoms with Crippen LogP contribution in [-0.4, -0.2) is 28.6 Å². The number of aromatic nitrogens is 1. The lowest BCUT2D eigenvalue weighted by molar-refractivity contribution is -0.140. The van der Waals surface area contributed by atoms with Gasteiger partial charge in [-0.1, -0.05) is 19.3 Å². The smallest absolute Gasteiger partial charge is 0.321 e. The Morgan fingerprint density at radius 3 is 2.67 bits per heavy atom. The highest BCUT2D eigenvalue weighted by molar-refractivity contribution is 7.15. The van der Waals surface area contributed by atoms with E-state index in [9.17, 15) is 9.59 Å². The van der Waals surface area contributed by atoms with Crippen molar-refractivity contribution in [2.24, 2.45) is 5.41 Å². The molecule has 7 heteroatoms. The molecule has 1 aromatic rings. The fraction of sp³-hybridized carbons (Fsp3) is 0.643. The summed E-state index contributed by atoms with van der Waals surface area (Å²) < 4.78 is 0. The largest absolute Gasteiger partial charge is 0.481 e. The number of aliphatic carboxylic acids is 1. The molecule has 0 bridgehead atoms. The van der Waals surface area contributed by atoms with Crippen LogP contribution < -0.4 is 10.6 Å². The second-order valence-corrected chi connectivity index (χ2v) is 6.95. The summed E-state index contributed by atoms with van der Waals surface area (Å²) in [6, 6.07) is -0.320. The van der Waals surface area contributed by atoms with Gasteiger partial charge in [0.15, 0.2) is 5.13 Å². The van der Waals surface area contributed by atoms with Crippen LogP contribution in [0.15, 0.2) is 6.20 Å². The SMILES string of the molecule is Cc1cnc(NC(=O)NCC2(CC(=O)O)CCCCC2)s1. The Hall–Kier alpha value is -1.63. The van der Waals surface area contributed by atoms with Crippen LogP contribution in [0.4, 0.5) is 9.93 Å². The maximum absolute atomic E-state index is 11.9. The van der Waals surface area contributed by atoms with Gasteiger partial charge >= 0.3 is 12.0 Å². The molecule has 0 unspecified atom stereocenters. The Kier molecular flexibility index (Phi) is 5.17. The highest BCUT2D eigenvalue weighted by Gasteiger charge is 2.34. The van der Waals surface area contributed by atoms with E-state index in [1.807, 2.05) is 6.92 Å². The van der Waals surface area contributed by atoms with E-state index in [4.69, 9.17) is 5.11 Å². The van der Waals surface area contributed by atoms with Crippen molar-refractivity contribution >= 4 is 28.5 Å². The average molecular weight is 311 g/mol. The van der Waals surface area contributed by atoms with Gasteiger partial charge in [0.2, 0.25) is 0 Å². The standard InChI is InChI=1S/C14H21N3O3S/c1-10-8-15-13(21-10)17-12(20)16-9-14(7-11(18)19)5-3-2-4-6-14/h8H,2-7,9H2,1H3,(H,18,19)(H2,15,16,17,20). The lowest BCUT2D eigenvalue weighted by atomic mass is 9.72. The summed E-state index contributed by atoms with van der Waals surface area (Å²) in [6.45, 7) is 2.32. The van der Waals surface area contributed by atoms with Crippen molar-refractivity contribution in [3.05, 3.63) is 11.1 Å². The van der Waals surface area contributed by atoms with E-state index in [1.165, 1.54) is 11.3 Å². The van der Waals surface area contributed by atoms with Crippen LogP contribution in [0.1, 0.15) is 43.4 Å². The van der Waals surface area contributed by atoms with E-state index < -0.39 is 5.97 Å². The molecule has 0 spiro atoms. The molecule has 1 heterocycles. The summed E-state index contributed by atoms with van der Waals surface area (Å²) >= 11 is 1.41. The number of hydrogen-bond acceptors (Lipinski definition) is 4. The number of anilines is 1. The number of carboxylic acids is 1. The quantitative estimate of drug-likeness (QED) is 0.779. The van der Waals surface area contributed by atoms with Crippen LogP contribution in [0.25, 0.3) is 0 Å². The van der Waals surface area contributed by atoms with Crippen LogP contribution >= 0.6 is 11.3 Å². The van der Waals surface area contributed by atoms with Gasteiger partial charge in [-0.3, -0.25) is 10.1 Å². The van der Waals surface area contributed by atoms with E-state index >= 15 is 0 Å². The number of nitrogens with one attached hydrogen (secondary N) is 2. The molecule has 0 radical (unpaired) electrons. The fourth-order valence-corrected chi connectivity index (χ4v) is 3.52. The number of carboxylic acid groups (broad SMARTS) is 1. The van der Waals surface area contributed by atoms with Crippen LogP contribution in [0.2, 0.25) is 0 Å². The predicted octanol–water partition coefficient (Wildman–Crippen LogP) is 3.00. The lowest BCUT2D eigenvalue weighted by Gasteiger charge is -2.36. The Bertz CT molecular complexity index is 509. The van der Waals surface area contributed by atoms with E-state index in [0.29, 0.717) is 11.7 Å². The topological polar surface area (TPSA) is 91.3 Å². The zero-order valence-electron chi connectivity index (χ0n) is 12.1. The van der Waals surface area contributed by atoms with Crippen molar-refractivity contribution in [2.75, 3.05) is 11.9 Å². The third-order valence-corrected chi connectivity index (χ3v) is 4.73. The normalized spacial score (nSPS) is 17.2. The van der Waals surface area contributed by atoms with Crippen LogP contribution in [0.5, 0.6) is 0 Å². The van der Waals surface area contributed by atoms with Crippen LogP contribution in [-0.2, 0) is 4.79 Å². The molecule has 21 heavy (non-hydrogen) atoms. The fourth-order valence-electron chi connectivity index (χ4n) is 2.86. The predicted molar refractivity (Wildman–Crippen MR) is 81.6 cm³/mol. The van der Waals surface area contributed by atoms with Crippen molar-refractivity contribution in [3.63, 3.8) is 0 Å². The molecule has 1 fully saturated rings. The van der Waals surface area contributed by atoms with Gasteiger partial charge in [0.25, 0.3) is 0 Å².